The number of furan rings is 1. The number of halogens is 1. The highest BCUT2D eigenvalue weighted by Gasteiger charge is 2.22. The van der Waals surface area contributed by atoms with E-state index in [9.17, 15) is 9.59 Å². The predicted octanol–water partition coefficient (Wildman–Crippen LogP) is 4.96. The fourth-order valence-corrected chi connectivity index (χ4v) is 3.54. The molecular weight excluding hydrogens is 364 g/mol. The third-order valence-electron chi connectivity index (χ3n) is 4.75. The number of amides is 2. The van der Waals surface area contributed by atoms with Gasteiger partial charge in [-0.15, -0.1) is 0 Å². The van der Waals surface area contributed by atoms with Gasteiger partial charge in [0.25, 0.3) is 11.8 Å². The zero-order chi connectivity index (χ0) is 18.8. The lowest BCUT2D eigenvalue weighted by molar-refractivity contribution is 0.0725. The zero-order valence-electron chi connectivity index (χ0n) is 14.7. The van der Waals surface area contributed by atoms with Crippen LogP contribution in [0.25, 0.3) is 11.0 Å². The summed E-state index contributed by atoms with van der Waals surface area (Å²) < 4.78 is 5.61. The largest absolute Gasteiger partial charge is 0.451 e. The molecule has 0 atom stereocenters. The lowest BCUT2D eigenvalue weighted by atomic mass is 10.1. The van der Waals surface area contributed by atoms with E-state index in [0.29, 0.717) is 21.9 Å². The van der Waals surface area contributed by atoms with Gasteiger partial charge in [0.2, 0.25) is 0 Å². The molecule has 1 aromatic heterocycles. The second-order valence-corrected chi connectivity index (χ2v) is 7.08. The van der Waals surface area contributed by atoms with Crippen LogP contribution in [0.1, 0.15) is 40.2 Å². The number of piperidine rings is 1. The van der Waals surface area contributed by atoms with Crippen LogP contribution in [-0.4, -0.2) is 29.8 Å². The van der Waals surface area contributed by atoms with Gasteiger partial charge in [0.05, 0.1) is 11.3 Å². The quantitative estimate of drug-likeness (QED) is 0.696. The monoisotopic (exact) mass is 382 g/mol. The average Bonchev–Trinajstić information content (AvgIpc) is 3.12. The van der Waals surface area contributed by atoms with Gasteiger partial charge in [0, 0.05) is 23.5 Å². The first kappa shape index (κ1) is 17.6. The van der Waals surface area contributed by atoms with Gasteiger partial charge in [0.15, 0.2) is 5.76 Å². The third kappa shape index (κ3) is 3.69. The topological polar surface area (TPSA) is 62.6 Å². The summed E-state index contributed by atoms with van der Waals surface area (Å²) in [7, 11) is 0. The highest BCUT2D eigenvalue weighted by molar-refractivity contribution is 6.31. The van der Waals surface area contributed by atoms with Crippen LogP contribution in [0.5, 0.6) is 0 Å². The molecule has 0 radical (unpaired) electrons. The normalized spacial score (nSPS) is 14.3. The molecule has 4 rings (SSSR count). The molecule has 0 aliphatic carbocycles. The lowest BCUT2D eigenvalue weighted by Crippen LogP contribution is -2.36. The zero-order valence-corrected chi connectivity index (χ0v) is 15.5. The molecule has 2 aromatic carbocycles. The van der Waals surface area contributed by atoms with Crippen LogP contribution in [-0.2, 0) is 0 Å². The van der Waals surface area contributed by atoms with E-state index < -0.39 is 5.91 Å². The SMILES string of the molecule is O=C(Nc1ccccc1C(=O)N1CCCCC1)c1cc2cc(Cl)ccc2o1. The van der Waals surface area contributed by atoms with Gasteiger partial charge in [0.1, 0.15) is 5.58 Å². The van der Waals surface area contributed by atoms with E-state index in [4.69, 9.17) is 16.0 Å². The van der Waals surface area contributed by atoms with E-state index in [1.165, 1.54) is 0 Å². The molecule has 138 valence electrons. The van der Waals surface area contributed by atoms with E-state index in [1.54, 1.807) is 48.5 Å². The smallest absolute Gasteiger partial charge is 0.291 e. The van der Waals surface area contributed by atoms with Crippen LogP contribution in [0.3, 0.4) is 0 Å². The summed E-state index contributed by atoms with van der Waals surface area (Å²) in [5.41, 5.74) is 1.56. The number of nitrogens with zero attached hydrogens (tertiary/aromatic N) is 1. The van der Waals surface area contributed by atoms with Crippen molar-refractivity contribution in [2.45, 2.75) is 19.3 Å². The van der Waals surface area contributed by atoms with Crippen molar-refractivity contribution in [3.05, 3.63) is 64.9 Å². The Morgan fingerprint density at radius 2 is 1.78 bits per heavy atom. The molecule has 1 aliphatic heterocycles. The number of fused-ring (bicyclic) bond motifs is 1. The van der Waals surface area contributed by atoms with E-state index in [-0.39, 0.29) is 11.7 Å². The van der Waals surface area contributed by atoms with E-state index in [2.05, 4.69) is 5.32 Å². The van der Waals surface area contributed by atoms with Crippen LogP contribution < -0.4 is 5.32 Å². The van der Waals surface area contributed by atoms with Gasteiger partial charge in [-0.2, -0.15) is 0 Å². The molecule has 1 saturated heterocycles. The van der Waals surface area contributed by atoms with Crippen LogP contribution >= 0.6 is 11.6 Å². The Kier molecular flexibility index (Phi) is 4.86. The highest BCUT2D eigenvalue weighted by Crippen LogP contribution is 2.25. The molecule has 0 unspecified atom stereocenters. The number of carbonyl (C=O) groups is 2. The maximum absolute atomic E-state index is 12.9. The average molecular weight is 383 g/mol. The number of benzene rings is 2. The molecule has 1 aliphatic rings. The molecule has 0 spiro atoms. The minimum Gasteiger partial charge on any atom is -0.451 e. The van der Waals surface area contributed by atoms with Crippen molar-refractivity contribution in [1.82, 2.24) is 4.90 Å². The van der Waals surface area contributed by atoms with Gasteiger partial charge in [-0.3, -0.25) is 9.59 Å². The van der Waals surface area contributed by atoms with Crippen molar-refractivity contribution >= 4 is 40.1 Å². The molecule has 2 amide bonds. The summed E-state index contributed by atoms with van der Waals surface area (Å²) in [6.45, 7) is 1.51. The Bertz CT molecular complexity index is 1010. The number of para-hydroxylation sites is 1. The highest BCUT2D eigenvalue weighted by atomic mass is 35.5. The Hall–Kier alpha value is -2.79. The molecule has 1 N–H and O–H groups in total. The van der Waals surface area contributed by atoms with Gasteiger partial charge in [-0.25, -0.2) is 0 Å². The number of carbonyl (C=O) groups excluding carboxylic acids is 2. The summed E-state index contributed by atoms with van der Waals surface area (Å²) in [4.78, 5) is 27.4. The summed E-state index contributed by atoms with van der Waals surface area (Å²) in [5, 5.41) is 4.14. The van der Waals surface area contributed by atoms with Gasteiger partial charge in [-0.1, -0.05) is 23.7 Å². The van der Waals surface area contributed by atoms with Crippen molar-refractivity contribution in [2.75, 3.05) is 18.4 Å². The number of hydrogen-bond donors (Lipinski definition) is 1. The first-order valence-corrected chi connectivity index (χ1v) is 9.38. The van der Waals surface area contributed by atoms with Crippen LogP contribution in [0.2, 0.25) is 5.02 Å². The maximum atomic E-state index is 12.9. The fraction of sp³-hybridized carbons (Fsp3) is 0.238. The molecular formula is C21H19ClN2O3. The van der Waals surface area contributed by atoms with E-state index in [1.807, 2.05) is 4.90 Å². The number of nitrogens with one attached hydrogen (secondary N) is 1. The molecule has 2 heterocycles. The summed E-state index contributed by atoms with van der Waals surface area (Å²) in [5.74, 6) is -0.282. The first-order chi connectivity index (χ1) is 13.1. The number of hydrogen-bond acceptors (Lipinski definition) is 3. The van der Waals surface area contributed by atoms with E-state index in [0.717, 1.165) is 37.7 Å². The molecule has 0 saturated carbocycles. The molecule has 1 fully saturated rings. The first-order valence-electron chi connectivity index (χ1n) is 9.00. The van der Waals surface area contributed by atoms with Gasteiger partial charge < -0.3 is 14.6 Å². The standard InChI is InChI=1S/C21H19ClN2O3/c22-15-8-9-18-14(12-15)13-19(27-18)20(25)23-17-7-3-2-6-16(17)21(26)24-10-4-1-5-11-24/h2-3,6-9,12-13H,1,4-5,10-11H2,(H,23,25). The summed E-state index contributed by atoms with van der Waals surface area (Å²) in [6, 6.07) is 13.9. The third-order valence-corrected chi connectivity index (χ3v) is 4.99. The Morgan fingerprint density at radius 1 is 1.00 bits per heavy atom. The Labute approximate surface area is 161 Å². The molecule has 27 heavy (non-hydrogen) atoms. The Balaban J connectivity index is 1.58. The molecule has 0 bridgehead atoms. The number of rotatable bonds is 3. The van der Waals surface area contributed by atoms with Gasteiger partial charge in [-0.05, 0) is 55.7 Å². The molecule has 6 heteroatoms. The number of anilines is 1. The van der Waals surface area contributed by atoms with Crippen molar-refractivity contribution in [1.29, 1.82) is 0 Å². The predicted molar refractivity (Wildman–Crippen MR) is 105 cm³/mol. The van der Waals surface area contributed by atoms with Crippen molar-refractivity contribution in [2.24, 2.45) is 0 Å². The van der Waals surface area contributed by atoms with Crippen LogP contribution in [0.4, 0.5) is 5.69 Å². The minimum absolute atomic E-state index is 0.0537. The number of likely N-dealkylation sites (tertiary alicyclic amines) is 1. The van der Waals surface area contributed by atoms with Crippen molar-refractivity contribution < 1.29 is 14.0 Å². The molecule has 5 nitrogen and oxygen atoms in total. The van der Waals surface area contributed by atoms with Crippen molar-refractivity contribution in [3.8, 4) is 0 Å². The molecule has 3 aromatic rings. The maximum Gasteiger partial charge on any atom is 0.291 e. The lowest BCUT2D eigenvalue weighted by Gasteiger charge is -2.27. The second kappa shape index (κ2) is 7.45. The second-order valence-electron chi connectivity index (χ2n) is 6.65. The summed E-state index contributed by atoms with van der Waals surface area (Å²) in [6.07, 6.45) is 3.18. The Morgan fingerprint density at radius 3 is 2.59 bits per heavy atom. The van der Waals surface area contributed by atoms with Crippen molar-refractivity contribution in [3.63, 3.8) is 0 Å². The minimum atomic E-state index is -0.402. The van der Waals surface area contributed by atoms with E-state index >= 15 is 0 Å². The van der Waals surface area contributed by atoms with Crippen LogP contribution in [0, 0.1) is 0 Å². The van der Waals surface area contributed by atoms with Gasteiger partial charge >= 0.3 is 0 Å². The summed E-state index contributed by atoms with van der Waals surface area (Å²) >= 11 is 5.98. The van der Waals surface area contributed by atoms with Crippen LogP contribution in [0.15, 0.2) is 52.9 Å². The fourth-order valence-electron chi connectivity index (χ4n) is 3.36.